The number of hydrogen-bond donors (Lipinski definition) is 2. The molecule has 0 bridgehead atoms. The molecule has 2 aromatic rings. The molecule has 0 aliphatic heterocycles. The number of phenolic OH excluding ortho intramolecular Hbond substituents is 1. The number of rotatable bonds is 10. The minimum atomic E-state index is -0.785. The molecule has 0 radical (unpaired) electrons. The van der Waals surface area contributed by atoms with Gasteiger partial charge in [0.1, 0.15) is 0 Å². The molecular weight excluding hydrogens is 354 g/mol. The van der Waals surface area contributed by atoms with Crippen LogP contribution in [0.25, 0.3) is 0 Å². The molecule has 0 fully saturated rings. The molecule has 140 valence electrons. The molecule has 26 heavy (non-hydrogen) atoms. The summed E-state index contributed by atoms with van der Waals surface area (Å²) in [5.74, 6) is -0.159. The number of aromatic hydroxyl groups is 1. The highest BCUT2D eigenvalue weighted by molar-refractivity contribution is 7.09. The lowest BCUT2D eigenvalue weighted by Crippen LogP contribution is -2.42. The van der Waals surface area contributed by atoms with Gasteiger partial charge in [-0.25, -0.2) is 0 Å². The van der Waals surface area contributed by atoms with Gasteiger partial charge in [0, 0.05) is 11.3 Å². The Kier molecular flexibility index (Phi) is 7.55. The average Bonchev–Trinajstić information content (AvgIpc) is 3.13. The molecule has 0 spiro atoms. The Morgan fingerprint density at radius 1 is 1.42 bits per heavy atom. The van der Waals surface area contributed by atoms with E-state index in [1.54, 1.807) is 25.2 Å². The molecule has 0 aliphatic carbocycles. The highest BCUT2D eigenvalue weighted by atomic mass is 32.1. The molecule has 1 heterocycles. The molecule has 1 unspecified atom stereocenters. The van der Waals surface area contributed by atoms with Gasteiger partial charge in [0.2, 0.25) is 0 Å². The van der Waals surface area contributed by atoms with Crippen molar-refractivity contribution < 1.29 is 14.6 Å². The molecular formula is C18H23N3O4S. The summed E-state index contributed by atoms with van der Waals surface area (Å²) in [6.07, 6.45) is -0.375. The number of nitroso groups, excluding NO2 is 1. The molecule has 1 atom stereocenters. The summed E-state index contributed by atoms with van der Waals surface area (Å²) in [6, 6.07) is 8.74. The van der Waals surface area contributed by atoms with Gasteiger partial charge in [0.15, 0.2) is 24.3 Å². The smallest absolute Gasteiger partial charge is 0.262 e. The first kappa shape index (κ1) is 19.9. The van der Waals surface area contributed by atoms with E-state index in [4.69, 9.17) is 4.74 Å². The van der Waals surface area contributed by atoms with Gasteiger partial charge in [-0.05, 0) is 54.8 Å². The summed E-state index contributed by atoms with van der Waals surface area (Å²) in [4.78, 5) is 26.4. The zero-order valence-corrected chi connectivity index (χ0v) is 15.7. The number of phenols is 1. The zero-order valence-electron chi connectivity index (χ0n) is 14.8. The fourth-order valence-corrected chi connectivity index (χ4v) is 3.14. The molecule has 2 N–H and O–H groups in total. The fourth-order valence-electron chi connectivity index (χ4n) is 2.44. The van der Waals surface area contributed by atoms with Gasteiger partial charge in [-0.15, -0.1) is 16.2 Å². The molecule has 0 saturated carbocycles. The van der Waals surface area contributed by atoms with Gasteiger partial charge >= 0.3 is 0 Å². The number of benzene rings is 1. The lowest BCUT2D eigenvalue weighted by atomic mass is 10.2. The Labute approximate surface area is 156 Å². The van der Waals surface area contributed by atoms with E-state index in [1.807, 2.05) is 24.4 Å². The Bertz CT molecular complexity index is 721. The monoisotopic (exact) mass is 377 g/mol. The number of ether oxygens (including phenoxy) is 1. The molecule has 2 rings (SSSR count). The number of amides is 1. The van der Waals surface area contributed by atoms with E-state index < -0.39 is 6.17 Å². The second-order valence-corrected chi connectivity index (χ2v) is 6.87. The Balaban J connectivity index is 2.09. The molecule has 8 heteroatoms. The number of carbonyl (C=O) groups excluding carboxylic acids is 1. The van der Waals surface area contributed by atoms with E-state index in [-0.39, 0.29) is 24.0 Å². The first-order chi connectivity index (χ1) is 12.5. The van der Waals surface area contributed by atoms with Gasteiger partial charge in [-0.3, -0.25) is 4.79 Å². The third-order valence-electron chi connectivity index (χ3n) is 3.83. The summed E-state index contributed by atoms with van der Waals surface area (Å²) < 4.78 is 5.46. The molecule has 0 aliphatic rings. The van der Waals surface area contributed by atoms with E-state index in [0.717, 1.165) is 10.4 Å². The second kappa shape index (κ2) is 9.88. The average molecular weight is 377 g/mol. The molecule has 7 nitrogen and oxygen atoms in total. The standard InChI is InChI=1S/C18H23N3O4S/c1-13-5-6-16(15(22)10-13)25-12-18(23)21(11-14-4-3-9-26-14)17(20-24)7-8-19-2/h3-6,9-10,17,19,22H,7-8,11-12H2,1-2H3. The maximum Gasteiger partial charge on any atom is 0.262 e. The topological polar surface area (TPSA) is 91.2 Å². The van der Waals surface area contributed by atoms with Crippen molar-refractivity contribution >= 4 is 17.2 Å². The van der Waals surface area contributed by atoms with Crippen molar-refractivity contribution in [1.29, 1.82) is 0 Å². The van der Waals surface area contributed by atoms with Crippen LogP contribution in [0.2, 0.25) is 0 Å². The number of hydrogen-bond acceptors (Lipinski definition) is 7. The van der Waals surface area contributed by atoms with E-state index in [0.29, 0.717) is 19.5 Å². The number of nitrogens with one attached hydrogen (secondary N) is 1. The third kappa shape index (κ3) is 5.53. The summed E-state index contributed by atoms with van der Waals surface area (Å²) in [5, 5.41) is 17.9. The highest BCUT2D eigenvalue weighted by Gasteiger charge is 2.25. The van der Waals surface area contributed by atoms with Gasteiger partial charge in [0.25, 0.3) is 5.91 Å². The zero-order chi connectivity index (χ0) is 18.9. The number of aryl methyl sites for hydroxylation is 1. The molecule has 1 aromatic heterocycles. The third-order valence-corrected chi connectivity index (χ3v) is 4.69. The van der Waals surface area contributed by atoms with Crippen LogP contribution in [0, 0.1) is 11.8 Å². The number of thiophene rings is 1. The maximum absolute atomic E-state index is 12.7. The van der Waals surface area contributed by atoms with Crippen molar-refractivity contribution in [3.8, 4) is 11.5 Å². The summed E-state index contributed by atoms with van der Waals surface area (Å²) in [5.41, 5.74) is 0.887. The van der Waals surface area contributed by atoms with Gasteiger partial charge in [0.05, 0.1) is 6.54 Å². The van der Waals surface area contributed by atoms with Crippen molar-refractivity contribution in [2.75, 3.05) is 20.2 Å². The number of nitrogens with zero attached hydrogens (tertiary/aromatic N) is 2. The fraction of sp³-hybridized carbons (Fsp3) is 0.389. The van der Waals surface area contributed by atoms with Crippen molar-refractivity contribution in [2.45, 2.75) is 26.1 Å². The van der Waals surface area contributed by atoms with Crippen LogP contribution in [0.5, 0.6) is 11.5 Å². The normalized spacial score (nSPS) is 11.8. The quantitative estimate of drug-likeness (QED) is 0.621. The predicted octanol–water partition coefficient (Wildman–Crippen LogP) is 2.87. The summed E-state index contributed by atoms with van der Waals surface area (Å²) >= 11 is 1.50. The van der Waals surface area contributed by atoms with E-state index >= 15 is 0 Å². The van der Waals surface area contributed by atoms with Crippen LogP contribution in [-0.4, -0.2) is 42.3 Å². The number of carbonyl (C=O) groups is 1. The van der Waals surface area contributed by atoms with Gasteiger partial charge in [-0.2, -0.15) is 0 Å². The van der Waals surface area contributed by atoms with E-state index in [1.165, 1.54) is 16.2 Å². The van der Waals surface area contributed by atoms with Crippen molar-refractivity contribution in [1.82, 2.24) is 10.2 Å². The minimum absolute atomic E-state index is 0.0251. The van der Waals surface area contributed by atoms with Crippen LogP contribution in [0.15, 0.2) is 40.9 Å². The largest absolute Gasteiger partial charge is 0.504 e. The van der Waals surface area contributed by atoms with Crippen LogP contribution in [0.4, 0.5) is 0 Å². The van der Waals surface area contributed by atoms with Crippen molar-refractivity contribution in [2.24, 2.45) is 5.18 Å². The van der Waals surface area contributed by atoms with Crippen LogP contribution in [0.3, 0.4) is 0 Å². The van der Waals surface area contributed by atoms with Crippen molar-refractivity contribution in [3.63, 3.8) is 0 Å². The molecule has 1 amide bonds. The minimum Gasteiger partial charge on any atom is -0.504 e. The highest BCUT2D eigenvalue weighted by Crippen LogP contribution is 2.26. The predicted molar refractivity (Wildman–Crippen MR) is 101 cm³/mol. The van der Waals surface area contributed by atoms with Crippen LogP contribution >= 0.6 is 11.3 Å². The van der Waals surface area contributed by atoms with Gasteiger partial charge in [-0.1, -0.05) is 12.1 Å². The Morgan fingerprint density at radius 3 is 2.85 bits per heavy atom. The van der Waals surface area contributed by atoms with Gasteiger partial charge < -0.3 is 20.1 Å². The molecule has 0 saturated heterocycles. The lowest BCUT2D eigenvalue weighted by molar-refractivity contribution is -0.136. The Morgan fingerprint density at radius 2 is 2.23 bits per heavy atom. The summed E-state index contributed by atoms with van der Waals surface area (Å²) in [7, 11) is 1.77. The molecule has 1 aromatic carbocycles. The summed E-state index contributed by atoms with van der Waals surface area (Å²) in [6.45, 7) is 2.41. The SMILES string of the molecule is CNCCC(N=O)N(Cc1cccs1)C(=O)COc1ccc(C)cc1O. The van der Waals surface area contributed by atoms with E-state index in [9.17, 15) is 14.8 Å². The first-order valence-corrected chi connectivity index (χ1v) is 9.14. The first-order valence-electron chi connectivity index (χ1n) is 8.26. The van der Waals surface area contributed by atoms with Crippen LogP contribution in [0.1, 0.15) is 16.9 Å². The second-order valence-electron chi connectivity index (χ2n) is 5.84. The van der Waals surface area contributed by atoms with Crippen molar-refractivity contribution in [3.05, 3.63) is 51.1 Å². The lowest BCUT2D eigenvalue weighted by Gasteiger charge is -2.26. The maximum atomic E-state index is 12.7. The van der Waals surface area contributed by atoms with E-state index in [2.05, 4.69) is 10.5 Å². The van der Waals surface area contributed by atoms with Crippen LogP contribution in [-0.2, 0) is 11.3 Å². The van der Waals surface area contributed by atoms with Crippen LogP contribution < -0.4 is 10.1 Å². The Hall–Kier alpha value is -2.45.